The van der Waals surface area contributed by atoms with Crippen LogP contribution >= 0.6 is 0 Å². The molecule has 0 saturated carbocycles. The average Bonchev–Trinajstić information content (AvgIpc) is 3.09. The summed E-state index contributed by atoms with van der Waals surface area (Å²) in [6.07, 6.45) is 4.66. The summed E-state index contributed by atoms with van der Waals surface area (Å²) in [5.41, 5.74) is 3.83. The van der Waals surface area contributed by atoms with Crippen molar-refractivity contribution >= 4 is 29.5 Å². The summed E-state index contributed by atoms with van der Waals surface area (Å²) in [4.78, 5) is 41.2. The first kappa shape index (κ1) is 22.2. The van der Waals surface area contributed by atoms with Crippen molar-refractivity contribution in [1.82, 2.24) is 4.90 Å². The van der Waals surface area contributed by atoms with E-state index in [1.54, 1.807) is 35.2 Å². The smallest absolute Gasteiger partial charge is 0.261 e. The molecule has 3 aromatic carbocycles. The Balaban J connectivity index is 1.40. The minimum absolute atomic E-state index is 0.108. The van der Waals surface area contributed by atoms with Gasteiger partial charge in [-0.05, 0) is 55.7 Å². The molecule has 0 fully saturated rings. The van der Waals surface area contributed by atoms with Crippen LogP contribution in [0.4, 0.5) is 5.69 Å². The summed E-state index contributed by atoms with van der Waals surface area (Å²) in [5.74, 6) is -0.593. The molecule has 5 nitrogen and oxygen atoms in total. The summed E-state index contributed by atoms with van der Waals surface area (Å²) in [7, 11) is 0. The zero-order valence-corrected chi connectivity index (χ0v) is 18.6. The lowest BCUT2D eigenvalue weighted by Crippen LogP contribution is -2.33. The number of fused-ring (bicyclic) bond motifs is 1. The molecule has 0 saturated heterocycles. The van der Waals surface area contributed by atoms with E-state index in [2.05, 4.69) is 0 Å². The molecule has 0 radical (unpaired) electrons. The average molecular weight is 439 g/mol. The molecule has 5 heteroatoms. The van der Waals surface area contributed by atoms with Gasteiger partial charge in [-0.15, -0.1) is 0 Å². The molecular weight excluding hydrogens is 412 g/mol. The van der Waals surface area contributed by atoms with Crippen molar-refractivity contribution in [3.05, 3.63) is 107 Å². The van der Waals surface area contributed by atoms with Crippen molar-refractivity contribution in [2.75, 3.05) is 18.0 Å². The predicted molar refractivity (Wildman–Crippen MR) is 130 cm³/mol. The van der Waals surface area contributed by atoms with E-state index < -0.39 is 0 Å². The number of carbonyl (C=O) groups excluding carboxylic acids is 3. The van der Waals surface area contributed by atoms with Gasteiger partial charge in [0.2, 0.25) is 0 Å². The summed E-state index contributed by atoms with van der Waals surface area (Å²) < 4.78 is 0. The Morgan fingerprint density at radius 2 is 1.42 bits per heavy atom. The van der Waals surface area contributed by atoms with Gasteiger partial charge in [0.15, 0.2) is 0 Å². The number of amides is 3. The van der Waals surface area contributed by atoms with Gasteiger partial charge in [-0.1, -0.05) is 60.2 Å². The zero-order valence-electron chi connectivity index (χ0n) is 18.6. The summed E-state index contributed by atoms with van der Waals surface area (Å²) in [5, 5.41) is 0. The number of aryl methyl sites for hydroxylation is 1. The Morgan fingerprint density at radius 1 is 0.818 bits per heavy atom. The molecule has 3 aromatic rings. The summed E-state index contributed by atoms with van der Waals surface area (Å²) >= 11 is 0. The molecule has 4 rings (SSSR count). The molecular formula is C28H26N2O3. The number of hydrogen-bond donors (Lipinski definition) is 0. The van der Waals surface area contributed by atoms with Gasteiger partial charge in [-0.3, -0.25) is 19.3 Å². The monoisotopic (exact) mass is 438 g/mol. The van der Waals surface area contributed by atoms with Crippen LogP contribution < -0.4 is 4.90 Å². The number of hydrogen-bond acceptors (Lipinski definition) is 3. The van der Waals surface area contributed by atoms with Crippen molar-refractivity contribution in [3.8, 4) is 0 Å². The van der Waals surface area contributed by atoms with Crippen LogP contribution in [0.2, 0.25) is 0 Å². The van der Waals surface area contributed by atoms with Crippen molar-refractivity contribution in [3.63, 3.8) is 0 Å². The quantitative estimate of drug-likeness (QED) is 0.279. The number of rotatable bonds is 8. The van der Waals surface area contributed by atoms with E-state index in [0.717, 1.165) is 16.8 Å². The van der Waals surface area contributed by atoms with Crippen LogP contribution in [0.15, 0.2) is 84.9 Å². The fourth-order valence-corrected chi connectivity index (χ4v) is 3.89. The van der Waals surface area contributed by atoms with E-state index >= 15 is 0 Å². The third kappa shape index (κ3) is 5.09. The van der Waals surface area contributed by atoms with Gasteiger partial charge >= 0.3 is 0 Å². The van der Waals surface area contributed by atoms with Crippen molar-refractivity contribution in [2.45, 2.75) is 19.8 Å². The van der Waals surface area contributed by atoms with Gasteiger partial charge in [-0.2, -0.15) is 0 Å². The molecule has 0 aliphatic carbocycles. The van der Waals surface area contributed by atoms with Crippen LogP contribution in [-0.2, 0) is 4.79 Å². The Labute approximate surface area is 194 Å². The maximum absolute atomic E-state index is 13.0. The van der Waals surface area contributed by atoms with Crippen LogP contribution in [0.3, 0.4) is 0 Å². The normalized spacial score (nSPS) is 12.9. The highest BCUT2D eigenvalue weighted by molar-refractivity contribution is 6.21. The van der Waals surface area contributed by atoms with Crippen LogP contribution in [0.1, 0.15) is 44.7 Å². The van der Waals surface area contributed by atoms with Crippen LogP contribution in [-0.4, -0.2) is 35.7 Å². The van der Waals surface area contributed by atoms with Gasteiger partial charge in [0.05, 0.1) is 11.1 Å². The van der Waals surface area contributed by atoms with E-state index in [0.29, 0.717) is 37.1 Å². The molecule has 0 aromatic heterocycles. The zero-order chi connectivity index (χ0) is 23.2. The lowest BCUT2D eigenvalue weighted by atomic mass is 10.1. The largest absolute Gasteiger partial charge is 0.309 e. The summed E-state index contributed by atoms with van der Waals surface area (Å²) in [6.45, 7) is 2.83. The number of benzene rings is 3. The topological polar surface area (TPSA) is 57.7 Å². The van der Waals surface area contributed by atoms with Gasteiger partial charge < -0.3 is 4.90 Å². The van der Waals surface area contributed by atoms with Gasteiger partial charge in [0, 0.05) is 24.9 Å². The van der Waals surface area contributed by atoms with Crippen LogP contribution in [0, 0.1) is 6.92 Å². The van der Waals surface area contributed by atoms with Gasteiger partial charge in [0.1, 0.15) is 0 Å². The molecule has 166 valence electrons. The molecule has 0 unspecified atom stereocenters. The SMILES string of the molecule is Cc1ccc(N(CCCCN2C(=O)c3ccccc3C2=O)C(=O)/C=C/c2ccccc2)cc1. The van der Waals surface area contributed by atoms with E-state index in [4.69, 9.17) is 0 Å². The molecule has 0 atom stereocenters. The van der Waals surface area contributed by atoms with E-state index in [9.17, 15) is 14.4 Å². The third-order valence-corrected chi connectivity index (χ3v) is 5.72. The second-order valence-electron chi connectivity index (χ2n) is 8.08. The highest BCUT2D eigenvalue weighted by Gasteiger charge is 2.34. The van der Waals surface area contributed by atoms with Crippen LogP contribution in [0.5, 0.6) is 0 Å². The Morgan fingerprint density at radius 3 is 2.06 bits per heavy atom. The van der Waals surface area contributed by atoms with Gasteiger partial charge in [-0.25, -0.2) is 0 Å². The van der Waals surface area contributed by atoms with Crippen LogP contribution in [0.25, 0.3) is 6.08 Å². The fraction of sp³-hybridized carbons (Fsp3) is 0.179. The van der Waals surface area contributed by atoms with E-state index in [-0.39, 0.29) is 17.7 Å². The molecule has 1 heterocycles. The fourth-order valence-electron chi connectivity index (χ4n) is 3.89. The number of imide groups is 1. The number of unbranched alkanes of at least 4 members (excludes halogenated alkanes) is 1. The maximum atomic E-state index is 13.0. The molecule has 0 bridgehead atoms. The Bertz CT molecular complexity index is 1150. The highest BCUT2D eigenvalue weighted by Crippen LogP contribution is 2.23. The Hall–Kier alpha value is -3.99. The van der Waals surface area contributed by atoms with E-state index in [1.807, 2.05) is 67.6 Å². The van der Waals surface area contributed by atoms with Crippen molar-refractivity contribution in [2.24, 2.45) is 0 Å². The second kappa shape index (κ2) is 10.1. The van der Waals surface area contributed by atoms with E-state index in [1.165, 1.54) is 4.90 Å². The third-order valence-electron chi connectivity index (χ3n) is 5.72. The second-order valence-corrected chi connectivity index (χ2v) is 8.08. The lowest BCUT2D eigenvalue weighted by molar-refractivity contribution is -0.114. The molecule has 33 heavy (non-hydrogen) atoms. The number of anilines is 1. The minimum Gasteiger partial charge on any atom is -0.309 e. The molecule has 1 aliphatic heterocycles. The predicted octanol–water partition coefficient (Wildman–Crippen LogP) is 5.12. The summed E-state index contributed by atoms with van der Waals surface area (Å²) in [6, 6.07) is 24.4. The minimum atomic E-state index is -0.243. The standard InChI is InChI=1S/C28H26N2O3/c1-21-13-16-23(17-14-21)29(26(31)18-15-22-9-3-2-4-10-22)19-7-8-20-30-27(32)24-11-5-6-12-25(24)28(30)33/h2-6,9-18H,7-8,19-20H2,1H3/b18-15+. The van der Waals surface area contributed by atoms with Crippen molar-refractivity contribution < 1.29 is 14.4 Å². The molecule has 1 aliphatic rings. The first-order valence-electron chi connectivity index (χ1n) is 11.1. The van der Waals surface area contributed by atoms with Gasteiger partial charge in [0.25, 0.3) is 17.7 Å². The first-order valence-corrected chi connectivity index (χ1v) is 11.1. The maximum Gasteiger partial charge on any atom is 0.261 e. The first-order chi connectivity index (χ1) is 16.0. The molecule has 3 amide bonds. The van der Waals surface area contributed by atoms with Crippen molar-refractivity contribution in [1.29, 1.82) is 0 Å². The number of nitrogens with zero attached hydrogens (tertiary/aromatic N) is 2. The molecule has 0 spiro atoms. The highest BCUT2D eigenvalue weighted by atomic mass is 16.2. The lowest BCUT2D eigenvalue weighted by Gasteiger charge is -2.22. The molecule has 0 N–H and O–H groups in total. The Kier molecular flexibility index (Phi) is 6.79. The number of carbonyl (C=O) groups is 3.